The molecule has 96 valence electrons. The summed E-state index contributed by atoms with van der Waals surface area (Å²) in [7, 11) is 0. The summed E-state index contributed by atoms with van der Waals surface area (Å²) in [6.45, 7) is 0.805. The van der Waals surface area contributed by atoms with E-state index >= 15 is 0 Å². The molecule has 18 heavy (non-hydrogen) atoms. The molecule has 2 unspecified atom stereocenters. The summed E-state index contributed by atoms with van der Waals surface area (Å²) in [6.07, 6.45) is 3.93. The van der Waals surface area contributed by atoms with E-state index in [4.69, 9.17) is 15.2 Å². The molecule has 0 aliphatic carbocycles. The summed E-state index contributed by atoms with van der Waals surface area (Å²) in [5.41, 5.74) is 7.47. The van der Waals surface area contributed by atoms with Gasteiger partial charge in [0.15, 0.2) is 0 Å². The highest BCUT2D eigenvalue weighted by molar-refractivity contribution is 7.99. The minimum Gasteiger partial charge on any atom is -0.501 e. The van der Waals surface area contributed by atoms with Gasteiger partial charge in [-0.3, -0.25) is 0 Å². The topological polar surface area (TPSA) is 44.5 Å². The number of hydrogen-bond donors (Lipinski definition) is 1. The molecule has 0 radical (unpaired) electrons. The van der Waals surface area contributed by atoms with E-state index in [1.807, 2.05) is 36.2 Å². The largest absolute Gasteiger partial charge is 0.501 e. The molecular formula is C14H17NO2S. The second kappa shape index (κ2) is 5.24. The van der Waals surface area contributed by atoms with Crippen LogP contribution in [0.5, 0.6) is 5.75 Å². The van der Waals surface area contributed by atoms with Crippen molar-refractivity contribution < 1.29 is 9.47 Å². The van der Waals surface area contributed by atoms with Gasteiger partial charge in [-0.25, -0.2) is 0 Å². The van der Waals surface area contributed by atoms with Crippen LogP contribution in [0, 0.1) is 0 Å². The van der Waals surface area contributed by atoms with Gasteiger partial charge in [-0.1, -0.05) is 12.1 Å². The molecule has 0 amide bonds. The van der Waals surface area contributed by atoms with Crippen molar-refractivity contribution in [3.63, 3.8) is 0 Å². The number of fused-ring (bicyclic) bond motifs is 1. The van der Waals surface area contributed by atoms with Gasteiger partial charge in [-0.05, 0) is 30.5 Å². The van der Waals surface area contributed by atoms with Crippen LogP contribution in [0.4, 0.5) is 0 Å². The van der Waals surface area contributed by atoms with E-state index in [0.717, 1.165) is 31.0 Å². The smallest absolute Gasteiger partial charge is 0.133 e. The van der Waals surface area contributed by atoms with Crippen molar-refractivity contribution in [3.05, 3.63) is 36.1 Å². The maximum Gasteiger partial charge on any atom is 0.133 e. The lowest BCUT2D eigenvalue weighted by Gasteiger charge is -2.31. The molecule has 2 heterocycles. The van der Waals surface area contributed by atoms with Crippen molar-refractivity contribution >= 4 is 11.8 Å². The van der Waals surface area contributed by atoms with Gasteiger partial charge in [-0.15, -0.1) is 11.8 Å². The van der Waals surface area contributed by atoms with Crippen LogP contribution in [0.15, 0.2) is 41.0 Å². The number of ether oxygens (including phenoxy) is 2. The fraction of sp³-hybridized carbons (Fsp3) is 0.429. The minimum atomic E-state index is -0.0637. The predicted molar refractivity (Wildman–Crippen MR) is 72.8 cm³/mol. The Bertz CT molecular complexity index is 461. The summed E-state index contributed by atoms with van der Waals surface area (Å²) >= 11 is 1.82. The van der Waals surface area contributed by atoms with Gasteiger partial charge in [0.05, 0.1) is 18.9 Å². The molecule has 2 aliphatic heterocycles. The summed E-state index contributed by atoms with van der Waals surface area (Å²) in [5, 5.41) is 0. The number of para-hydroxylation sites is 1. The first-order chi connectivity index (χ1) is 8.84. The van der Waals surface area contributed by atoms with Gasteiger partial charge < -0.3 is 15.2 Å². The number of rotatable bonds is 2. The standard InChI is InChI=1S/C14H17NO2S/c15-14(10-4-3-7-16-8-10)12-9-18-13-6-2-1-5-11(13)17-12/h1-2,5-6,8,12,14H,3-4,7,9,15H2. The van der Waals surface area contributed by atoms with Crippen LogP contribution in [0.1, 0.15) is 12.8 Å². The fourth-order valence-electron chi connectivity index (χ4n) is 2.28. The highest BCUT2D eigenvalue weighted by Gasteiger charge is 2.28. The second-order valence-corrected chi connectivity index (χ2v) is 5.67. The molecule has 4 heteroatoms. The van der Waals surface area contributed by atoms with Crippen LogP contribution in [-0.4, -0.2) is 24.5 Å². The van der Waals surface area contributed by atoms with Gasteiger partial charge in [0.2, 0.25) is 0 Å². The Morgan fingerprint density at radius 2 is 2.22 bits per heavy atom. The van der Waals surface area contributed by atoms with Crippen molar-refractivity contribution in [1.82, 2.24) is 0 Å². The van der Waals surface area contributed by atoms with Gasteiger partial charge in [0, 0.05) is 10.6 Å². The zero-order valence-electron chi connectivity index (χ0n) is 10.2. The number of thioether (sulfide) groups is 1. The first-order valence-corrected chi connectivity index (χ1v) is 7.28. The zero-order chi connectivity index (χ0) is 12.4. The van der Waals surface area contributed by atoms with Gasteiger partial charge in [0.25, 0.3) is 0 Å². The lowest BCUT2D eigenvalue weighted by Crippen LogP contribution is -2.44. The van der Waals surface area contributed by atoms with E-state index in [-0.39, 0.29) is 12.1 Å². The normalized spacial score (nSPS) is 24.3. The lowest BCUT2D eigenvalue weighted by molar-refractivity contribution is 0.178. The Hall–Kier alpha value is -1.13. The van der Waals surface area contributed by atoms with E-state index in [9.17, 15) is 0 Å². The molecule has 3 nitrogen and oxygen atoms in total. The van der Waals surface area contributed by atoms with Crippen LogP contribution in [0.3, 0.4) is 0 Å². The SMILES string of the molecule is NC(C1=COCCC1)C1CSc2ccccc2O1. The van der Waals surface area contributed by atoms with Crippen LogP contribution in [-0.2, 0) is 4.74 Å². The van der Waals surface area contributed by atoms with Gasteiger partial charge >= 0.3 is 0 Å². The molecule has 0 aromatic heterocycles. The maximum absolute atomic E-state index is 6.29. The Kier molecular flexibility index (Phi) is 3.48. The zero-order valence-corrected chi connectivity index (χ0v) is 11.0. The molecule has 2 aliphatic rings. The molecule has 0 spiro atoms. The lowest BCUT2D eigenvalue weighted by atomic mass is 9.99. The number of nitrogens with two attached hydrogens (primary N) is 1. The first kappa shape index (κ1) is 11.9. The summed E-state index contributed by atoms with van der Waals surface area (Å²) in [5.74, 6) is 1.85. The number of hydrogen-bond acceptors (Lipinski definition) is 4. The molecule has 0 saturated heterocycles. The van der Waals surface area contributed by atoms with E-state index < -0.39 is 0 Å². The van der Waals surface area contributed by atoms with Crippen LogP contribution in [0.25, 0.3) is 0 Å². The average molecular weight is 263 g/mol. The highest BCUT2D eigenvalue weighted by Crippen LogP contribution is 2.36. The van der Waals surface area contributed by atoms with E-state index in [0.29, 0.717) is 0 Å². The minimum absolute atomic E-state index is 0.0397. The van der Waals surface area contributed by atoms with Gasteiger partial charge in [-0.2, -0.15) is 0 Å². The third kappa shape index (κ3) is 2.35. The summed E-state index contributed by atoms with van der Waals surface area (Å²) in [4.78, 5) is 1.20. The predicted octanol–water partition coefficient (Wildman–Crippen LogP) is 2.56. The number of benzene rings is 1. The van der Waals surface area contributed by atoms with Gasteiger partial charge in [0.1, 0.15) is 11.9 Å². The van der Waals surface area contributed by atoms with Crippen LogP contribution < -0.4 is 10.5 Å². The Morgan fingerprint density at radius 3 is 3.06 bits per heavy atom. The van der Waals surface area contributed by atoms with E-state index in [1.54, 1.807) is 0 Å². The molecule has 0 fully saturated rings. The molecule has 2 N–H and O–H groups in total. The van der Waals surface area contributed by atoms with Crippen molar-refractivity contribution in [2.45, 2.75) is 29.9 Å². The van der Waals surface area contributed by atoms with Crippen molar-refractivity contribution in [3.8, 4) is 5.75 Å². The summed E-state index contributed by atoms with van der Waals surface area (Å²) in [6, 6.07) is 8.06. The third-order valence-corrected chi connectivity index (χ3v) is 4.47. The van der Waals surface area contributed by atoms with Crippen molar-refractivity contribution in [2.75, 3.05) is 12.4 Å². The average Bonchev–Trinajstić information content (AvgIpc) is 2.47. The van der Waals surface area contributed by atoms with Crippen LogP contribution >= 0.6 is 11.8 Å². The van der Waals surface area contributed by atoms with Crippen molar-refractivity contribution in [2.24, 2.45) is 5.73 Å². The van der Waals surface area contributed by atoms with Crippen LogP contribution in [0.2, 0.25) is 0 Å². The van der Waals surface area contributed by atoms with E-state index in [2.05, 4.69) is 6.07 Å². The third-order valence-electron chi connectivity index (χ3n) is 3.32. The fourth-order valence-corrected chi connectivity index (χ4v) is 3.33. The highest BCUT2D eigenvalue weighted by atomic mass is 32.2. The monoisotopic (exact) mass is 263 g/mol. The van der Waals surface area contributed by atoms with Crippen molar-refractivity contribution in [1.29, 1.82) is 0 Å². The quantitative estimate of drug-likeness (QED) is 0.890. The molecule has 0 saturated carbocycles. The molecule has 1 aromatic rings. The maximum atomic E-state index is 6.29. The molecule has 3 rings (SSSR count). The molecule has 2 atom stereocenters. The Labute approximate surface area is 111 Å². The molecule has 1 aromatic carbocycles. The second-order valence-electron chi connectivity index (χ2n) is 4.61. The summed E-state index contributed by atoms with van der Waals surface area (Å²) < 4.78 is 11.4. The molecular weight excluding hydrogens is 246 g/mol. The Balaban J connectivity index is 1.73. The Morgan fingerprint density at radius 1 is 1.33 bits per heavy atom. The van der Waals surface area contributed by atoms with E-state index in [1.165, 1.54) is 10.5 Å². The first-order valence-electron chi connectivity index (χ1n) is 6.29. The molecule has 0 bridgehead atoms.